The van der Waals surface area contributed by atoms with E-state index in [0.29, 0.717) is 10.9 Å². The maximum Gasteiger partial charge on any atom is 0.416 e. The van der Waals surface area contributed by atoms with Crippen LogP contribution in [0.3, 0.4) is 0 Å². The summed E-state index contributed by atoms with van der Waals surface area (Å²) in [5, 5.41) is 9.64. The Bertz CT molecular complexity index is 1220. The molecule has 0 spiro atoms. The van der Waals surface area contributed by atoms with Crippen molar-refractivity contribution in [1.82, 2.24) is 15.0 Å². The largest absolute Gasteiger partial charge is 0.416 e. The highest BCUT2D eigenvalue weighted by molar-refractivity contribution is 5.83. The van der Waals surface area contributed by atoms with Gasteiger partial charge in [0, 0.05) is 55.8 Å². The zero-order valence-corrected chi connectivity index (χ0v) is 18.2. The maximum atomic E-state index is 13.0. The summed E-state index contributed by atoms with van der Waals surface area (Å²) in [5.74, 6) is 1.99. The van der Waals surface area contributed by atoms with Crippen LogP contribution in [0.25, 0.3) is 10.9 Å². The number of piperidine rings is 1. The normalized spacial score (nSPS) is 17.8. The second-order valence-electron chi connectivity index (χ2n) is 8.79. The molecule has 5 rings (SSSR count). The van der Waals surface area contributed by atoms with Gasteiger partial charge in [0.2, 0.25) is 0 Å². The van der Waals surface area contributed by atoms with Gasteiger partial charge in [-0.25, -0.2) is 9.97 Å². The molecule has 2 aliphatic heterocycles. The Balaban J connectivity index is 1.34. The first kappa shape index (κ1) is 21.4. The second kappa shape index (κ2) is 8.18. The molecular weight excluding hydrogens is 429 g/mol. The molecule has 3 aromatic rings. The first-order valence-electron chi connectivity index (χ1n) is 11.0. The Labute approximate surface area is 189 Å². The minimum Gasteiger partial charge on any atom is -0.355 e. The van der Waals surface area contributed by atoms with Crippen molar-refractivity contribution >= 4 is 22.5 Å². The van der Waals surface area contributed by atoms with Gasteiger partial charge >= 0.3 is 6.18 Å². The van der Waals surface area contributed by atoms with E-state index in [1.165, 1.54) is 6.07 Å². The van der Waals surface area contributed by atoms with Crippen molar-refractivity contribution in [2.45, 2.75) is 31.9 Å². The van der Waals surface area contributed by atoms with E-state index in [2.05, 4.69) is 30.8 Å². The van der Waals surface area contributed by atoms with E-state index in [0.717, 1.165) is 74.0 Å². The molecule has 2 saturated heterocycles. The van der Waals surface area contributed by atoms with Crippen LogP contribution >= 0.6 is 0 Å². The Morgan fingerprint density at radius 2 is 1.73 bits per heavy atom. The zero-order valence-electron chi connectivity index (χ0n) is 18.2. The highest BCUT2D eigenvalue weighted by Gasteiger charge is 2.35. The monoisotopic (exact) mass is 452 g/mol. The smallest absolute Gasteiger partial charge is 0.355 e. The van der Waals surface area contributed by atoms with E-state index in [4.69, 9.17) is 5.26 Å². The number of rotatable bonds is 3. The van der Waals surface area contributed by atoms with Crippen molar-refractivity contribution in [3.05, 3.63) is 53.5 Å². The van der Waals surface area contributed by atoms with Gasteiger partial charge in [-0.15, -0.1) is 0 Å². The lowest BCUT2D eigenvalue weighted by Crippen LogP contribution is -2.47. The van der Waals surface area contributed by atoms with Crippen LogP contribution in [-0.4, -0.2) is 41.1 Å². The first-order valence-corrected chi connectivity index (χ1v) is 11.0. The number of nitriles is 1. The number of alkyl halides is 3. The van der Waals surface area contributed by atoms with Gasteiger partial charge in [0.05, 0.1) is 22.8 Å². The summed E-state index contributed by atoms with van der Waals surface area (Å²) in [5.41, 5.74) is 1.69. The second-order valence-corrected chi connectivity index (χ2v) is 8.79. The average molecular weight is 452 g/mol. The third kappa shape index (κ3) is 4.06. The summed E-state index contributed by atoms with van der Waals surface area (Å²) in [6.07, 6.45) is 0.708. The third-order valence-corrected chi connectivity index (χ3v) is 6.56. The predicted molar refractivity (Wildman–Crippen MR) is 119 cm³/mol. The van der Waals surface area contributed by atoms with Crippen molar-refractivity contribution in [2.75, 3.05) is 36.0 Å². The minimum absolute atomic E-state index is 0.106. The molecule has 0 saturated carbocycles. The number of anilines is 2. The summed E-state index contributed by atoms with van der Waals surface area (Å²) < 4.78 is 39.1. The molecule has 170 valence electrons. The molecular formula is C24H23F3N6. The lowest BCUT2D eigenvalue weighted by molar-refractivity contribution is -0.137. The maximum absolute atomic E-state index is 13.0. The Morgan fingerprint density at radius 3 is 2.42 bits per heavy atom. The van der Waals surface area contributed by atoms with Crippen LogP contribution in [0.2, 0.25) is 0 Å². The van der Waals surface area contributed by atoms with Gasteiger partial charge in [-0.1, -0.05) is 0 Å². The molecule has 0 bridgehead atoms. The van der Waals surface area contributed by atoms with Gasteiger partial charge in [0.15, 0.2) is 5.82 Å². The predicted octanol–water partition coefficient (Wildman–Crippen LogP) is 4.70. The van der Waals surface area contributed by atoms with Crippen LogP contribution in [0.15, 0.2) is 36.7 Å². The molecule has 2 aliphatic rings. The molecule has 0 radical (unpaired) electrons. The zero-order chi connectivity index (χ0) is 23.2. The molecule has 0 amide bonds. The summed E-state index contributed by atoms with van der Waals surface area (Å²) in [4.78, 5) is 18.2. The van der Waals surface area contributed by atoms with Gasteiger partial charge in [-0.05, 0) is 49.6 Å². The SMILES string of the molecule is Cc1cc2cc(C(F)(F)F)ccc2nc1N1CC(c2nccnc2N2CCC(C#N)CC2)C1. The number of hydrogen-bond acceptors (Lipinski definition) is 6. The van der Waals surface area contributed by atoms with Crippen LogP contribution in [0, 0.1) is 24.2 Å². The van der Waals surface area contributed by atoms with Crippen molar-refractivity contribution in [3.63, 3.8) is 0 Å². The molecule has 33 heavy (non-hydrogen) atoms. The fourth-order valence-electron chi connectivity index (χ4n) is 4.69. The number of hydrogen-bond donors (Lipinski definition) is 0. The van der Waals surface area contributed by atoms with Crippen molar-refractivity contribution in [3.8, 4) is 6.07 Å². The van der Waals surface area contributed by atoms with Gasteiger partial charge < -0.3 is 9.80 Å². The molecule has 0 N–H and O–H groups in total. The number of pyridine rings is 1. The highest BCUT2D eigenvalue weighted by atomic mass is 19.4. The molecule has 0 aliphatic carbocycles. The van der Waals surface area contributed by atoms with Gasteiger partial charge in [-0.2, -0.15) is 18.4 Å². The number of aromatic nitrogens is 3. The van der Waals surface area contributed by atoms with Gasteiger partial charge in [-0.3, -0.25) is 4.98 Å². The standard InChI is InChI=1S/C24H23F3N6/c1-15-10-17-11-19(24(25,26)27)2-3-20(17)31-22(15)33-13-18(14-33)21-23(30-7-6-29-21)32-8-4-16(12-28)5-9-32/h2-3,6-7,10-11,16,18H,4-5,8-9,13-14H2,1H3. The van der Waals surface area contributed by atoms with Crippen molar-refractivity contribution in [2.24, 2.45) is 5.92 Å². The van der Waals surface area contributed by atoms with Gasteiger partial charge in [0.1, 0.15) is 5.82 Å². The summed E-state index contributed by atoms with van der Waals surface area (Å²) in [6, 6.07) is 7.79. The first-order chi connectivity index (χ1) is 15.8. The Kier molecular flexibility index (Phi) is 5.31. The lowest BCUT2D eigenvalue weighted by atomic mass is 9.93. The van der Waals surface area contributed by atoms with Gasteiger partial charge in [0.25, 0.3) is 0 Å². The lowest BCUT2D eigenvalue weighted by Gasteiger charge is -2.42. The number of benzene rings is 1. The molecule has 2 fully saturated rings. The van der Waals surface area contributed by atoms with E-state index < -0.39 is 11.7 Å². The molecule has 0 unspecified atom stereocenters. The van der Waals surface area contributed by atoms with E-state index in [9.17, 15) is 13.2 Å². The Hall–Kier alpha value is -3.41. The molecule has 6 nitrogen and oxygen atoms in total. The number of nitrogens with zero attached hydrogens (tertiary/aromatic N) is 6. The molecule has 4 heterocycles. The Morgan fingerprint density at radius 1 is 1.00 bits per heavy atom. The van der Waals surface area contributed by atoms with Crippen LogP contribution in [0.5, 0.6) is 0 Å². The van der Waals surface area contributed by atoms with Crippen LogP contribution in [0.4, 0.5) is 24.8 Å². The van der Waals surface area contributed by atoms with Crippen LogP contribution in [0.1, 0.15) is 35.6 Å². The quantitative estimate of drug-likeness (QED) is 0.574. The average Bonchev–Trinajstić information content (AvgIpc) is 2.78. The van der Waals surface area contributed by atoms with E-state index in [1.807, 2.05) is 6.92 Å². The molecule has 0 atom stereocenters. The number of aryl methyl sites for hydroxylation is 1. The topological polar surface area (TPSA) is 68.9 Å². The van der Waals surface area contributed by atoms with Crippen molar-refractivity contribution < 1.29 is 13.2 Å². The highest BCUT2D eigenvalue weighted by Crippen LogP contribution is 2.37. The van der Waals surface area contributed by atoms with Crippen LogP contribution in [-0.2, 0) is 6.18 Å². The molecule has 1 aromatic carbocycles. The summed E-state index contributed by atoms with van der Waals surface area (Å²) in [7, 11) is 0. The number of halogens is 3. The third-order valence-electron chi connectivity index (χ3n) is 6.56. The fraction of sp³-hybridized carbons (Fsp3) is 0.417. The molecule has 9 heteroatoms. The molecule has 2 aromatic heterocycles. The minimum atomic E-state index is -4.37. The van der Waals surface area contributed by atoms with Crippen molar-refractivity contribution in [1.29, 1.82) is 5.26 Å². The fourth-order valence-corrected chi connectivity index (χ4v) is 4.69. The van der Waals surface area contributed by atoms with E-state index in [1.54, 1.807) is 18.5 Å². The van der Waals surface area contributed by atoms with Crippen LogP contribution < -0.4 is 9.80 Å². The van der Waals surface area contributed by atoms with E-state index >= 15 is 0 Å². The number of fused-ring (bicyclic) bond motifs is 1. The summed E-state index contributed by atoms with van der Waals surface area (Å²) in [6.45, 7) is 4.92. The summed E-state index contributed by atoms with van der Waals surface area (Å²) >= 11 is 0. The van der Waals surface area contributed by atoms with E-state index in [-0.39, 0.29) is 11.8 Å².